The Morgan fingerprint density at radius 3 is 2.58 bits per heavy atom. The Bertz CT molecular complexity index is 743. The van der Waals surface area contributed by atoms with Gasteiger partial charge in [-0.2, -0.15) is 0 Å². The minimum atomic E-state index is -0.808. The fraction of sp³-hybridized carbons (Fsp3) is 0.294. The minimum Gasteiger partial charge on any atom is -0.481 e. The fourth-order valence-corrected chi connectivity index (χ4v) is 3.49. The Morgan fingerprint density at radius 1 is 1.17 bits per heavy atom. The van der Waals surface area contributed by atoms with E-state index < -0.39 is 5.97 Å². The number of rotatable bonds is 5. The molecule has 24 heavy (non-hydrogen) atoms. The van der Waals surface area contributed by atoms with Crippen molar-refractivity contribution in [2.75, 3.05) is 0 Å². The average Bonchev–Trinajstić information content (AvgIpc) is 3.19. The van der Waals surface area contributed by atoms with E-state index >= 15 is 0 Å². The van der Waals surface area contributed by atoms with Crippen molar-refractivity contribution in [1.82, 2.24) is 5.32 Å². The normalized spacial score (nSPS) is 19.9. The first-order valence-corrected chi connectivity index (χ1v) is 8.40. The number of benzene rings is 1. The van der Waals surface area contributed by atoms with Crippen molar-refractivity contribution in [2.45, 2.75) is 25.3 Å². The number of nitrogens with one attached hydrogen (secondary N) is 1. The maximum absolute atomic E-state index is 12.9. The van der Waals surface area contributed by atoms with Gasteiger partial charge in [-0.05, 0) is 55.7 Å². The standard InChI is InChI=1S/C17H16FNO4S/c18-11-2-5-13(6-3-11)23-15-8-7-14(24-15)16(20)19-12-4-1-10(9-12)17(21)22/h2-3,5-8,10,12H,1,4,9H2,(H,19,20)(H,21,22)/t10-,12+/m0/s1. The predicted molar refractivity (Wildman–Crippen MR) is 87.0 cm³/mol. The third-order valence-corrected chi connectivity index (χ3v) is 4.92. The Hall–Kier alpha value is -2.41. The molecule has 0 spiro atoms. The van der Waals surface area contributed by atoms with Crippen LogP contribution in [0, 0.1) is 11.7 Å². The molecular weight excluding hydrogens is 333 g/mol. The van der Waals surface area contributed by atoms with Crippen LogP contribution in [0.1, 0.15) is 28.9 Å². The van der Waals surface area contributed by atoms with Crippen molar-refractivity contribution < 1.29 is 23.8 Å². The highest BCUT2D eigenvalue weighted by Crippen LogP contribution is 2.30. The lowest BCUT2D eigenvalue weighted by atomic mass is 10.1. The maximum Gasteiger partial charge on any atom is 0.306 e. The first kappa shape index (κ1) is 16.4. The molecule has 1 aromatic heterocycles. The fourth-order valence-electron chi connectivity index (χ4n) is 2.71. The number of carbonyl (C=O) groups excluding carboxylic acids is 1. The molecule has 2 N–H and O–H groups in total. The molecule has 126 valence electrons. The number of aliphatic carboxylic acids is 1. The molecule has 0 aliphatic heterocycles. The predicted octanol–water partition coefficient (Wildman–Crippen LogP) is 3.66. The molecule has 0 bridgehead atoms. The molecule has 1 heterocycles. The second kappa shape index (κ2) is 7.00. The maximum atomic E-state index is 12.9. The number of carbonyl (C=O) groups is 2. The van der Waals surface area contributed by atoms with Crippen LogP contribution < -0.4 is 10.1 Å². The third-order valence-electron chi connectivity index (χ3n) is 3.95. The van der Waals surface area contributed by atoms with Gasteiger partial charge in [0.15, 0.2) is 5.06 Å². The summed E-state index contributed by atoms with van der Waals surface area (Å²) in [5.41, 5.74) is 0. The Labute approximate surface area is 142 Å². The summed E-state index contributed by atoms with van der Waals surface area (Å²) in [6, 6.07) is 8.85. The molecule has 1 aliphatic rings. The molecule has 1 saturated carbocycles. The molecule has 5 nitrogen and oxygen atoms in total. The van der Waals surface area contributed by atoms with Crippen LogP contribution in [0.4, 0.5) is 4.39 Å². The molecule has 7 heteroatoms. The monoisotopic (exact) mass is 349 g/mol. The summed E-state index contributed by atoms with van der Waals surface area (Å²) in [7, 11) is 0. The van der Waals surface area contributed by atoms with E-state index in [2.05, 4.69) is 5.32 Å². The first-order chi connectivity index (χ1) is 11.5. The number of amides is 1. The second-order valence-corrected chi connectivity index (χ2v) is 6.74. The van der Waals surface area contributed by atoms with Gasteiger partial charge in [0.05, 0.1) is 10.8 Å². The smallest absolute Gasteiger partial charge is 0.306 e. The van der Waals surface area contributed by atoms with Crippen LogP contribution in [-0.2, 0) is 4.79 Å². The molecule has 2 aromatic rings. The topological polar surface area (TPSA) is 75.6 Å². The summed E-state index contributed by atoms with van der Waals surface area (Å²) < 4.78 is 18.4. The minimum absolute atomic E-state index is 0.109. The summed E-state index contributed by atoms with van der Waals surface area (Å²) in [5, 5.41) is 12.4. The van der Waals surface area contributed by atoms with Crippen LogP contribution in [0.5, 0.6) is 10.8 Å². The van der Waals surface area contributed by atoms with Gasteiger partial charge >= 0.3 is 5.97 Å². The zero-order valence-electron chi connectivity index (χ0n) is 12.7. The number of carboxylic acid groups (broad SMARTS) is 1. The summed E-state index contributed by atoms with van der Waals surface area (Å²) in [6.45, 7) is 0. The molecular formula is C17H16FNO4S. The lowest BCUT2D eigenvalue weighted by molar-refractivity contribution is -0.141. The quantitative estimate of drug-likeness (QED) is 0.864. The summed E-state index contributed by atoms with van der Waals surface area (Å²) in [4.78, 5) is 23.7. The van der Waals surface area contributed by atoms with Crippen LogP contribution in [0.15, 0.2) is 36.4 Å². The Kier molecular flexibility index (Phi) is 4.80. The molecule has 1 amide bonds. The first-order valence-electron chi connectivity index (χ1n) is 7.58. The number of thiophene rings is 1. The second-order valence-electron chi connectivity index (χ2n) is 5.69. The third kappa shape index (κ3) is 3.91. The number of ether oxygens (including phenoxy) is 1. The van der Waals surface area contributed by atoms with Crippen LogP contribution >= 0.6 is 11.3 Å². The molecule has 0 unspecified atom stereocenters. The van der Waals surface area contributed by atoms with Crippen LogP contribution in [-0.4, -0.2) is 23.0 Å². The molecule has 1 aliphatic carbocycles. The molecule has 1 aromatic carbocycles. The van der Waals surface area contributed by atoms with Gasteiger partial charge in [-0.3, -0.25) is 9.59 Å². The van der Waals surface area contributed by atoms with Crippen LogP contribution in [0.3, 0.4) is 0 Å². The number of hydrogen-bond donors (Lipinski definition) is 2. The average molecular weight is 349 g/mol. The van der Waals surface area contributed by atoms with Gasteiger partial charge in [0.1, 0.15) is 11.6 Å². The SMILES string of the molecule is O=C(N[C@@H]1CC[C@H](C(=O)O)C1)c1ccc(Oc2ccc(F)cc2)s1. The van der Waals surface area contributed by atoms with Crippen molar-refractivity contribution in [3.05, 3.63) is 47.1 Å². The molecule has 3 rings (SSSR count). The van der Waals surface area contributed by atoms with Gasteiger partial charge in [-0.25, -0.2) is 4.39 Å². The van der Waals surface area contributed by atoms with Gasteiger partial charge in [-0.15, -0.1) is 0 Å². The van der Waals surface area contributed by atoms with E-state index in [1.165, 1.54) is 35.6 Å². The van der Waals surface area contributed by atoms with E-state index in [0.717, 1.165) is 0 Å². The molecule has 0 saturated heterocycles. The summed E-state index contributed by atoms with van der Waals surface area (Å²) >= 11 is 1.19. The van der Waals surface area contributed by atoms with Gasteiger partial charge in [0.25, 0.3) is 5.91 Å². The van der Waals surface area contributed by atoms with Gasteiger partial charge < -0.3 is 15.2 Å². The Morgan fingerprint density at radius 2 is 1.92 bits per heavy atom. The number of halogens is 1. The highest BCUT2D eigenvalue weighted by Gasteiger charge is 2.30. The molecule has 2 atom stereocenters. The van der Waals surface area contributed by atoms with E-state index in [9.17, 15) is 14.0 Å². The lowest BCUT2D eigenvalue weighted by Gasteiger charge is -2.11. The molecule has 0 radical (unpaired) electrons. The summed E-state index contributed by atoms with van der Waals surface area (Å²) in [5.74, 6) is -1.27. The zero-order valence-corrected chi connectivity index (χ0v) is 13.5. The van der Waals surface area contributed by atoms with E-state index in [1.54, 1.807) is 12.1 Å². The highest BCUT2D eigenvalue weighted by molar-refractivity contribution is 7.15. The highest BCUT2D eigenvalue weighted by atomic mass is 32.1. The largest absolute Gasteiger partial charge is 0.481 e. The van der Waals surface area contributed by atoms with Crippen LogP contribution in [0.25, 0.3) is 0 Å². The van der Waals surface area contributed by atoms with E-state index in [4.69, 9.17) is 9.84 Å². The zero-order chi connectivity index (χ0) is 17.1. The van der Waals surface area contributed by atoms with E-state index in [0.29, 0.717) is 35.0 Å². The van der Waals surface area contributed by atoms with Crippen molar-refractivity contribution in [3.8, 4) is 10.8 Å². The van der Waals surface area contributed by atoms with E-state index in [1.807, 2.05) is 0 Å². The number of hydrogen-bond acceptors (Lipinski definition) is 4. The van der Waals surface area contributed by atoms with Gasteiger partial charge in [-0.1, -0.05) is 11.3 Å². The molecule has 1 fully saturated rings. The van der Waals surface area contributed by atoms with Crippen molar-refractivity contribution >= 4 is 23.2 Å². The van der Waals surface area contributed by atoms with Crippen LogP contribution in [0.2, 0.25) is 0 Å². The van der Waals surface area contributed by atoms with Crippen molar-refractivity contribution in [1.29, 1.82) is 0 Å². The van der Waals surface area contributed by atoms with Gasteiger partial charge in [0, 0.05) is 6.04 Å². The van der Waals surface area contributed by atoms with Crippen molar-refractivity contribution in [3.63, 3.8) is 0 Å². The lowest BCUT2D eigenvalue weighted by Crippen LogP contribution is -2.32. The number of carboxylic acids is 1. The van der Waals surface area contributed by atoms with Crippen molar-refractivity contribution in [2.24, 2.45) is 5.92 Å². The summed E-state index contributed by atoms with van der Waals surface area (Å²) in [6.07, 6.45) is 1.72. The van der Waals surface area contributed by atoms with E-state index in [-0.39, 0.29) is 23.7 Å². The van der Waals surface area contributed by atoms with Gasteiger partial charge in [0.2, 0.25) is 0 Å². The Balaban J connectivity index is 1.58.